The summed E-state index contributed by atoms with van der Waals surface area (Å²) in [5.41, 5.74) is 2.83. The van der Waals surface area contributed by atoms with Gasteiger partial charge in [0.15, 0.2) is 16.6 Å². The van der Waals surface area contributed by atoms with E-state index in [1.54, 1.807) is 7.05 Å². The molecule has 6 nitrogen and oxygen atoms in total. The Morgan fingerprint density at radius 2 is 1.15 bits per heavy atom. The molecule has 0 spiro atoms. The molecular weight excluding hydrogens is 521 g/mol. The highest BCUT2D eigenvalue weighted by molar-refractivity contribution is 6.74. The summed E-state index contributed by atoms with van der Waals surface area (Å²) in [5, 5.41) is 0.343. The summed E-state index contributed by atoms with van der Waals surface area (Å²) >= 11 is 0. The summed E-state index contributed by atoms with van der Waals surface area (Å²) in [5.74, 6) is 0. The highest BCUT2D eigenvalue weighted by Crippen LogP contribution is 2.37. The second-order valence-electron chi connectivity index (χ2n) is 13.3. The van der Waals surface area contributed by atoms with Gasteiger partial charge in [0.05, 0.1) is 13.2 Å². The smallest absolute Gasteiger partial charge is 0.414 e. The van der Waals surface area contributed by atoms with E-state index in [0.29, 0.717) is 13.2 Å². The van der Waals surface area contributed by atoms with Gasteiger partial charge in [-0.2, -0.15) is 0 Å². The molecule has 8 heteroatoms. The molecule has 2 rings (SSSR count). The molecule has 0 saturated carbocycles. The lowest BCUT2D eigenvalue weighted by Gasteiger charge is -2.38. The fourth-order valence-electron chi connectivity index (χ4n) is 3.43. The number of carbonyl (C=O) groups excluding carboxylic acids is 1. The summed E-state index contributed by atoms with van der Waals surface area (Å²) in [7, 11) is -1.94. The molecule has 2 aromatic rings. The van der Waals surface area contributed by atoms with Crippen LogP contribution in [0.1, 0.15) is 47.1 Å². The summed E-state index contributed by atoms with van der Waals surface area (Å²) in [6, 6.07) is 17.8. The van der Waals surface area contributed by atoms with Gasteiger partial charge in [-0.05, 0) is 66.1 Å². The van der Waals surface area contributed by atoms with Crippen molar-refractivity contribution in [3.05, 3.63) is 60.2 Å². The van der Waals surface area contributed by atoms with Crippen LogP contribution in [0.25, 0.3) is 0 Å². The maximum absolute atomic E-state index is 12.6. The Morgan fingerprint density at radius 1 is 0.718 bits per heavy atom. The third-order valence-electron chi connectivity index (χ3n) is 8.34. The third kappa shape index (κ3) is 9.78. The van der Waals surface area contributed by atoms with E-state index in [1.165, 1.54) is 4.90 Å². The molecule has 0 fully saturated rings. The van der Waals surface area contributed by atoms with Crippen molar-refractivity contribution in [1.82, 2.24) is 0 Å². The lowest BCUT2D eigenvalue weighted by atomic mass is 10.2. The molecule has 39 heavy (non-hydrogen) atoms. The van der Waals surface area contributed by atoms with Gasteiger partial charge in [0, 0.05) is 31.5 Å². The molecule has 0 heterocycles. The number of hydrogen-bond donors (Lipinski definition) is 0. The number of nitrogens with zero attached hydrogens (tertiary/aromatic N) is 2. The molecular formula is C31H52N2O4Si2. The maximum Gasteiger partial charge on any atom is 0.414 e. The molecule has 0 aliphatic rings. The normalized spacial score (nSPS) is 12.8. The molecule has 0 N–H and O–H groups in total. The first-order chi connectivity index (χ1) is 17.9. The molecule has 0 aromatic heterocycles. The zero-order valence-corrected chi connectivity index (χ0v) is 28.3. The quantitative estimate of drug-likeness (QED) is 0.239. The van der Waals surface area contributed by atoms with Crippen LogP contribution in [0.4, 0.5) is 16.2 Å². The van der Waals surface area contributed by atoms with E-state index in [0.717, 1.165) is 30.0 Å². The lowest BCUT2D eigenvalue weighted by Crippen LogP contribution is -2.44. The number of benzene rings is 2. The maximum atomic E-state index is 12.6. The van der Waals surface area contributed by atoms with E-state index in [9.17, 15) is 4.79 Å². The minimum Gasteiger partial charge on any atom is -0.444 e. The van der Waals surface area contributed by atoms with Crippen LogP contribution in [0.15, 0.2) is 54.6 Å². The van der Waals surface area contributed by atoms with Crippen LogP contribution in [-0.4, -0.2) is 56.1 Å². The predicted octanol–water partition coefficient (Wildman–Crippen LogP) is 8.31. The minimum absolute atomic E-state index is 0.171. The van der Waals surface area contributed by atoms with Gasteiger partial charge >= 0.3 is 6.09 Å². The Labute approximate surface area is 239 Å². The highest BCUT2D eigenvalue weighted by Gasteiger charge is 2.38. The van der Waals surface area contributed by atoms with E-state index >= 15 is 0 Å². The number of rotatable bonds is 12. The SMILES string of the molecule is CN(C(=O)OCc1ccccc1)c1ccc(N(CCO[Si](C)(C)C(C)(C)C)CCO[Si](C)(C)C(C)(C)C)cc1. The van der Waals surface area contributed by atoms with E-state index < -0.39 is 16.6 Å². The first kappa shape index (κ1) is 33.1. The third-order valence-corrected chi connectivity index (χ3v) is 17.4. The standard InChI is InChI=1S/C31H52N2O4Si2/c1-30(2,3)38(8,9)36-23-21-33(22-24-37-39(10,11)31(4,5)6)28-19-17-27(18-20-28)32(7)29(34)35-25-26-15-13-12-14-16-26/h12-20H,21-25H2,1-11H3. The number of hydrogen-bond acceptors (Lipinski definition) is 5. The lowest BCUT2D eigenvalue weighted by molar-refractivity contribution is 0.148. The molecule has 0 aliphatic heterocycles. The molecule has 0 bridgehead atoms. The van der Waals surface area contributed by atoms with Gasteiger partial charge in [-0.3, -0.25) is 4.90 Å². The molecule has 218 valence electrons. The van der Waals surface area contributed by atoms with Crippen molar-refractivity contribution in [2.75, 3.05) is 43.2 Å². The average molecular weight is 573 g/mol. The number of amides is 1. The van der Waals surface area contributed by atoms with Crippen LogP contribution in [-0.2, 0) is 20.2 Å². The van der Waals surface area contributed by atoms with E-state index in [4.69, 9.17) is 13.6 Å². The van der Waals surface area contributed by atoms with E-state index in [-0.39, 0.29) is 22.8 Å². The highest BCUT2D eigenvalue weighted by atomic mass is 28.4. The zero-order chi connectivity index (χ0) is 29.5. The van der Waals surface area contributed by atoms with Gasteiger partial charge in [-0.25, -0.2) is 4.79 Å². The van der Waals surface area contributed by atoms with Crippen LogP contribution in [0.3, 0.4) is 0 Å². The topological polar surface area (TPSA) is 51.2 Å². The first-order valence-electron chi connectivity index (χ1n) is 14.0. The Kier molecular flexibility index (Phi) is 11.4. The minimum atomic E-state index is -1.84. The molecule has 0 unspecified atom stereocenters. The Hall–Kier alpha value is -2.14. The summed E-state index contributed by atoms with van der Waals surface area (Å²) in [4.78, 5) is 16.5. The summed E-state index contributed by atoms with van der Waals surface area (Å²) in [6.07, 6.45) is -0.381. The molecule has 1 amide bonds. The Balaban J connectivity index is 2.09. The van der Waals surface area contributed by atoms with Crippen molar-refractivity contribution in [3.63, 3.8) is 0 Å². The molecule has 0 atom stereocenters. The van der Waals surface area contributed by atoms with Crippen molar-refractivity contribution in [3.8, 4) is 0 Å². The van der Waals surface area contributed by atoms with Crippen LogP contribution >= 0.6 is 0 Å². The van der Waals surface area contributed by atoms with Crippen molar-refractivity contribution in [2.45, 2.75) is 84.4 Å². The van der Waals surface area contributed by atoms with Gasteiger partial charge in [-0.1, -0.05) is 71.9 Å². The number of carbonyl (C=O) groups is 1. The van der Waals surface area contributed by atoms with Gasteiger partial charge in [0.25, 0.3) is 0 Å². The van der Waals surface area contributed by atoms with Gasteiger partial charge < -0.3 is 18.5 Å². The van der Waals surface area contributed by atoms with E-state index in [2.05, 4.69) is 84.8 Å². The largest absolute Gasteiger partial charge is 0.444 e. The van der Waals surface area contributed by atoms with Gasteiger partial charge in [-0.15, -0.1) is 0 Å². The number of anilines is 2. The van der Waals surface area contributed by atoms with Crippen molar-refractivity contribution in [2.24, 2.45) is 0 Å². The predicted molar refractivity (Wildman–Crippen MR) is 170 cm³/mol. The summed E-state index contributed by atoms with van der Waals surface area (Å²) in [6.45, 7) is 25.9. The average Bonchev–Trinajstić information content (AvgIpc) is 2.85. The van der Waals surface area contributed by atoms with Crippen molar-refractivity contribution >= 4 is 34.1 Å². The monoisotopic (exact) mass is 572 g/mol. The van der Waals surface area contributed by atoms with Crippen LogP contribution in [0, 0.1) is 0 Å². The fraction of sp³-hybridized carbons (Fsp3) is 0.581. The molecule has 0 radical (unpaired) electrons. The van der Waals surface area contributed by atoms with Crippen molar-refractivity contribution in [1.29, 1.82) is 0 Å². The Morgan fingerprint density at radius 3 is 1.59 bits per heavy atom. The molecule has 0 aliphatic carbocycles. The van der Waals surface area contributed by atoms with Crippen LogP contribution in [0.5, 0.6) is 0 Å². The Bertz CT molecular complexity index is 997. The summed E-state index contributed by atoms with van der Waals surface area (Å²) < 4.78 is 18.5. The molecule has 2 aromatic carbocycles. The molecule has 0 saturated heterocycles. The van der Waals surface area contributed by atoms with Crippen LogP contribution in [0.2, 0.25) is 36.3 Å². The second-order valence-corrected chi connectivity index (χ2v) is 22.9. The second kappa shape index (κ2) is 13.5. The van der Waals surface area contributed by atoms with E-state index in [1.807, 2.05) is 42.5 Å². The first-order valence-corrected chi connectivity index (χ1v) is 19.8. The van der Waals surface area contributed by atoms with Crippen LogP contribution < -0.4 is 9.80 Å². The van der Waals surface area contributed by atoms with Gasteiger partial charge in [0.1, 0.15) is 6.61 Å². The number of ether oxygens (including phenoxy) is 1. The van der Waals surface area contributed by atoms with Gasteiger partial charge in [0.2, 0.25) is 0 Å². The fourth-order valence-corrected chi connectivity index (χ4v) is 5.50. The van der Waals surface area contributed by atoms with Crippen molar-refractivity contribution < 1.29 is 18.4 Å². The zero-order valence-electron chi connectivity index (χ0n) is 26.3.